The molecule has 1 aliphatic rings. The molecule has 0 aliphatic carbocycles. The predicted octanol–water partition coefficient (Wildman–Crippen LogP) is 1.90. The van der Waals surface area contributed by atoms with Crippen molar-refractivity contribution in [3.63, 3.8) is 0 Å². The van der Waals surface area contributed by atoms with Crippen molar-refractivity contribution in [1.82, 2.24) is 20.1 Å². The topological polar surface area (TPSA) is 42.7 Å². The molecule has 1 aromatic carbocycles. The minimum Gasteiger partial charge on any atom is -0.309 e. The van der Waals surface area contributed by atoms with Crippen molar-refractivity contribution >= 4 is 6.08 Å². The van der Waals surface area contributed by atoms with Gasteiger partial charge in [-0.25, -0.2) is 9.67 Å². The molecular weight excluding hydrogens is 236 g/mol. The maximum atomic E-state index is 4.24. The van der Waals surface area contributed by atoms with Crippen molar-refractivity contribution in [2.24, 2.45) is 0 Å². The molecular formula is C15H18N4. The first-order chi connectivity index (χ1) is 9.42. The van der Waals surface area contributed by atoms with Crippen molar-refractivity contribution < 1.29 is 0 Å². The molecule has 3 rings (SSSR count). The van der Waals surface area contributed by atoms with Crippen LogP contribution in [0.3, 0.4) is 0 Å². The van der Waals surface area contributed by atoms with Gasteiger partial charge in [-0.3, -0.25) is 0 Å². The lowest BCUT2D eigenvalue weighted by Crippen LogP contribution is -2.37. The highest BCUT2D eigenvalue weighted by Crippen LogP contribution is 2.11. The van der Waals surface area contributed by atoms with E-state index in [4.69, 9.17) is 0 Å². The number of nitrogens with zero attached hydrogens (tertiary/aromatic N) is 3. The molecule has 0 amide bonds. The Morgan fingerprint density at radius 1 is 1.32 bits per heavy atom. The lowest BCUT2D eigenvalue weighted by atomic mass is 10.1. The Balaban J connectivity index is 1.48. The number of nitrogens with one attached hydrogen (secondary N) is 1. The third-order valence-corrected chi connectivity index (χ3v) is 3.44. The summed E-state index contributed by atoms with van der Waals surface area (Å²) in [6.45, 7) is 1.82. The second-order valence-corrected chi connectivity index (χ2v) is 4.82. The molecule has 98 valence electrons. The van der Waals surface area contributed by atoms with Crippen LogP contribution in [0.25, 0.3) is 6.08 Å². The molecule has 1 unspecified atom stereocenters. The maximum Gasteiger partial charge on any atom is 0.138 e. The first-order valence-electron chi connectivity index (χ1n) is 6.73. The van der Waals surface area contributed by atoms with E-state index in [1.54, 1.807) is 6.33 Å². The molecule has 2 aromatic rings. The van der Waals surface area contributed by atoms with Gasteiger partial charge in [0, 0.05) is 19.0 Å². The van der Waals surface area contributed by atoms with Gasteiger partial charge in [-0.15, -0.1) is 0 Å². The molecule has 1 N–H and O–H groups in total. The lowest BCUT2D eigenvalue weighted by Gasteiger charge is -2.22. The molecule has 19 heavy (non-hydrogen) atoms. The number of aromatic nitrogens is 3. The summed E-state index contributed by atoms with van der Waals surface area (Å²) in [5, 5.41) is 7.78. The molecule has 1 aliphatic heterocycles. The van der Waals surface area contributed by atoms with E-state index >= 15 is 0 Å². The van der Waals surface area contributed by atoms with Crippen molar-refractivity contribution in [3.8, 4) is 0 Å². The summed E-state index contributed by atoms with van der Waals surface area (Å²) < 4.78 is 2.00. The summed E-state index contributed by atoms with van der Waals surface area (Å²) in [5.41, 5.74) is 1.24. The van der Waals surface area contributed by atoms with Crippen LogP contribution in [0, 0.1) is 0 Å². The molecule has 0 radical (unpaired) electrons. The van der Waals surface area contributed by atoms with Crippen LogP contribution in [0.2, 0.25) is 0 Å². The molecule has 1 aromatic heterocycles. The minimum atomic E-state index is 0.495. The Morgan fingerprint density at radius 2 is 2.21 bits per heavy atom. The molecule has 0 spiro atoms. The van der Waals surface area contributed by atoms with Crippen molar-refractivity contribution in [3.05, 3.63) is 54.1 Å². The van der Waals surface area contributed by atoms with E-state index in [2.05, 4.69) is 51.8 Å². The van der Waals surface area contributed by atoms with E-state index in [0.717, 1.165) is 31.8 Å². The Labute approximate surface area is 113 Å². The third-order valence-electron chi connectivity index (χ3n) is 3.44. The third kappa shape index (κ3) is 3.09. The smallest absolute Gasteiger partial charge is 0.138 e. The summed E-state index contributed by atoms with van der Waals surface area (Å²) in [4.78, 5) is 4.24. The Morgan fingerprint density at radius 3 is 3.11 bits per heavy atom. The van der Waals surface area contributed by atoms with Crippen molar-refractivity contribution in [1.29, 1.82) is 0 Å². The van der Waals surface area contributed by atoms with E-state index in [0.29, 0.717) is 6.04 Å². The predicted molar refractivity (Wildman–Crippen MR) is 75.6 cm³/mol. The Kier molecular flexibility index (Phi) is 3.70. The van der Waals surface area contributed by atoms with Crippen LogP contribution in [-0.2, 0) is 13.0 Å². The number of benzene rings is 1. The monoisotopic (exact) mass is 254 g/mol. The van der Waals surface area contributed by atoms with Gasteiger partial charge < -0.3 is 5.32 Å². The van der Waals surface area contributed by atoms with Gasteiger partial charge in [-0.05, 0) is 12.0 Å². The Hall–Kier alpha value is -1.94. The summed E-state index contributed by atoms with van der Waals surface area (Å²) in [6.07, 6.45) is 8.12. The summed E-state index contributed by atoms with van der Waals surface area (Å²) >= 11 is 0. The number of hydrogen-bond donors (Lipinski definition) is 1. The van der Waals surface area contributed by atoms with E-state index in [-0.39, 0.29) is 0 Å². The van der Waals surface area contributed by atoms with E-state index < -0.39 is 0 Å². The molecule has 4 nitrogen and oxygen atoms in total. The first kappa shape index (κ1) is 12.1. The van der Waals surface area contributed by atoms with Crippen LogP contribution in [-0.4, -0.2) is 27.4 Å². The molecule has 0 saturated heterocycles. The van der Waals surface area contributed by atoms with E-state index in [1.165, 1.54) is 5.56 Å². The summed E-state index contributed by atoms with van der Waals surface area (Å²) in [7, 11) is 0. The number of fused-ring (bicyclic) bond motifs is 1. The second kappa shape index (κ2) is 5.80. The fourth-order valence-electron chi connectivity index (χ4n) is 2.40. The first-order valence-corrected chi connectivity index (χ1v) is 6.73. The highest BCUT2D eigenvalue weighted by molar-refractivity contribution is 5.48. The largest absolute Gasteiger partial charge is 0.309 e. The molecule has 4 heteroatoms. The normalized spacial score (nSPS) is 18.6. The average Bonchev–Trinajstić information content (AvgIpc) is 2.92. The fraction of sp³-hybridized carbons (Fsp3) is 0.333. The van der Waals surface area contributed by atoms with Crippen LogP contribution < -0.4 is 5.32 Å². The number of hydrogen-bond acceptors (Lipinski definition) is 3. The van der Waals surface area contributed by atoms with E-state index in [9.17, 15) is 0 Å². The van der Waals surface area contributed by atoms with Gasteiger partial charge >= 0.3 is 0 Å². The molecule has 1 atom stereocenters. The zero-order valence-electron chi connectivity index (χ0n) is 10.9. The highest BCUT2D eigenvalue weighted by Gasteiger charge is 2.18. The van der Waals surface area contributed by atoms with Gasteiger partial charge in [-0.1, -0.05) is 42.5 Å². The summed E-state index contributed by atoms with van der Waals surface area (Å²) in [5.74, 6) is 1.11. The lowest BCUT2D eigenvalue weighted by molar-refractivity contribution is 0.370. The molecule has 0 bridgehead atoms. The SMILES string of the molecule is C(=C\c1ccccc1)/CNC1CCc2ncnn2C1. The van der Waals surface area contributed by atoms with Gasteiger partial charge in [0.25, 0.3) is 0 Å². The van der Waals surface area contributed by atoms with Crippen LogP contribution in [0.1, 0.15) is 17.8 Å². The molecule has 0 saturated carbocycles. The quantitative estimate of drug-likeness (QED) is 0.906. The fourth-order valence-corrected chi connectivity index (χ4v) is 2.40. The van der Waals surface area contributed by atoms with Crippen LogP contribution in [0.4, 0.5) is 0 Å². The number of aryl methyl sites for hydroxylation is 1. The van der Waals surface area contributed by atoms with Gasteiger partial charge in [-0.2, -0.15) is 5.10 Å². The van der Waals surface area contributed by atoms with Gasteiger partial charge in [0.05, 0.1) is 6.54 Å². The number of rotatable bonds is 4. The maximum absolute atomic E-state index is 4.24. The second-order valence-electron chi connectivity index (χ2n) is 4.82. The van der Waals surface area contributed by atoms with Crippen molar-refractivity contribution in [2.45, 2.75) is 25.4 Å². The standard InChI is InChI=1S/C15H18N4/c1-2-5-13(6-3-1)7-4-10-16-14-8-9-15-17-12-18-19(15)11-14/h1-7,12,14,16H,8-11H2/b7-4+. The van der Waals surface area contributed by atoms with E-state index in [1.807, 2.05) is 10.7 Å². The van der Waals surface area contributed by atoms with Crippen LogP contribution >= 0.6 is 0 Å². The van der Waals surface area contributed by atoms with Crippen LogP contribution in [0.5, 0.6) is 0 Å². The van der Waals surface area contributed by atoms with Gasteiger partial charge in [0.15, 0.2) is 0 Å². The minimum absolute atomic E-state index is 0.495. The van der Waals surface area contributed by atoms with Gasteiger partial charge in [0.1, 0.15) is 12.2 Å². The van der Waals surface area contributed by atoms with Crippen molar-refractivity contribution in [2.75, 3.05) is 6.54 Å². The molecule has 0 fully saturated rings. The zero-order chi connectivity index (χ0) is 12.9. The van der Waals surface area contributed by atoms with Gasteiger partial charge in [0.2, 0.25) is 0 Å². The summed E-state index contributed by atoms with van der Waals surface area (Å²) in [6, 6.07) is 10.9. The highest BCUT2D eigenvalue weighted by atomic mass is 15.3. The molecule has 2 heterocycles. The van der Waals surface area contributed by atoms with Crippen LogP contribution in [0.15, 0.2) is 42.7 Å². The Bertz CT molecular complexity index is 544. The average molecular weight is 254 g/mol. The zero-order valence-corrected chi connectivity index (χ0v) is 10.9.